The maximum atomic E-state index is 9.94. The van der Waals surface area contributed by atoms with Gasteiger partial charge in [-0.1, -0.05) is 31.9 Å². The van der Waals surface area contributed by atoms with E-state index in [4.69, 9.17) is 0 Å². The summed E-state index contributed by atoms with van der Waals surface area (Å²) in [6.45, 7) is 2.14. The first-order valence-electron chi connectivity index (χ1n) is 5.60. The highest BCUT2D eigenvalue weighted by Gasteiger charge is 2.07. The second-order valence-electron chi connectivity index (χ2n) is 4.15. The van der Waals surface area contributed by atoms with Gasteiger partial charge in [-0.15, -0.1) is 0 Å². The van der Waals surface area contributed by atoms with E-state index in [0.29, 0.717) is 0 Å². The lowest BCUT2D eigenvalue weighted by molar-refractivity contribution is 0.164. The van der Waals surface area contributed by atoms with E-state index >= 15 is 0 Å². The molecule has 0 aliphatic carbocycles. The van der Waals surface area contributed by atoms with E-state index in [1.165, 1.54) is 0 Å². The van der Waals surface area contributed by atoms with Crippen molar-refractivity contribution in [1.82, 2.24) is 0 Å². The van der Waals surface area contributed by atoms with Crippen LogP contribution in [0.4, 0.5) is 5.69 Å². The van der Waals surface area contributed by atoms with Crippen LogP contribution in [0.15, 0.2) is 24.3 Å². The maximum absolute atomic E-state index is 9.94. The zero-order chi connectivity index (χ0) is 11.3. The van der Waals surface area contributed by atoms with E-state index < -0.39 is 0 Å². The number of benzene rings is 1. The Labute approximate surface area is 92.5 Å². The lowest BCUT2D eigenvalue weighted by Gasteiger charge is -2.16. The quantitative estimate of drug-likeness (QED) is 0.802. The van der Waals surface area contributed by atoms with Crippen molar-refractivity contribution in [2.75, 3.05) is 19.0 Å². The van der Waals surface area contributed by atoms with Gasteiger partial charge in [0.25, 0.3) is 0 Å². The number of aliphatic hydroxyl groups excluding tert-OH is 1. The van der Waals surface area contributed by atoms with Gasteiger partial charge in [0.05, 0.1) is 6.10 Å². The minimum absolute atomic E-state index is 0.315. The van der Waals surface area contributed by atoms with Crippen molar-refractivity contribution in [2.24, 2.45) is 0 Å². The van der Waals surface area contributed by atoms with E-state index in [9.17, 15) is 5.11 Å². The molecule has 0 aromatic heterocycles. The van der Waals surface area contributed by atoms with Crippen LogP contribution in [0.3, 0.4) is 0 Å². The van der Waals surface area contributed by atoms with Gasteiger partial charge in [0, 0.05) is 19.8 Å². The van der Waals surface area contributed by atoms with Gasteiger partial charge < -0.3 is 10.0 Å². The zero-order valence-corrected chi connectivity index (χ0v) is 9.90. The molecule has 0 aliphatic heterocycles. The van der Waals surface area contributed by atoms with Crippen LogP contribution in [-0.2, 0) is 0 Å². The van der Waals surface area contributed by atoms with E-state index in [-0.39, 0.29) is 6.10 Å². The highest BCUT2D eigenvalue weighted by molar-refractivity contribution is 5.47. The molecule has 0 bridgehead atoms. The number of aliphatic hydroxyl groups is 1. The first-order valence-corrected chi connectivity index (χ1v) is 5.60. The Balaban J connectivity index is 2.71. The summed E-state index contributed by atoms with van der Waals surface area (Å²) in [5.41, 5.74) is 2.16. The Morgan fingerprint density at radius 3 is 2.67 bits per heavy atom. The van der Waals surface area contributed by atoms with Crippen molar-refractivity contribution in [3.8, 4) is 0 Å². The van der Waals surface area contributed by atoms with E-state index in [2.05, 4.69) is 24.0 Å². The topological polar surface area (TPSA) is 23.5 Å². The molecule has 0 amide bonds. The van der Waals surface area contributed by atoms with Crippen molar-refractivity contribution >= 4 is 5.69 Å². The average Bonchev–Trinajstić information content (AvgIpc) is 2.26. The van der Waals surface area contributed by atoms with Gasteiger partial charge in [-0.3, -0.25) is 0 Å². The lowest BCUT2D eigenvalue weighted by atomic mass is 10.0. The van der Waals surface area contributed by atoms with Gasteiger partial charge in [-0.05, 0) is 24.1 Å². The summed E-state index contributed by atoms with van der Waals surface area (Å²) in [7, 11) is 4.02. The van der Waals surface area contributed by atoms with Crippen LogP contribution in [0.25, 0.3) is 0 Å². The normalized spacial score (nSPS) is 12.5. The van der Waals surface area contributed by atoms with Crippen molar-refractivity contribution < 1.29 is 5.11 Å². The standard InChI is InChI=1S/C13H21NO/c1-4-5-9-13(15)11-7-6-8-12(10-11)14(2)3/h6-8,10,13,15H,4-5,9H2,1-3H3. The van der Waals surface area contributed by atoms with Gasteiger partial charge in [-0.2, -0.15) is 0 Å². The third-order valence-electron chi connectivity index (χ3n) is 2.60. The molecule has 0 radical (unpaired) electrons. The largest absolute Gasteiger partial charge is 0.388 e. The summed E-state index contributed by atoms with van der Waals surface area (Å²) in [4.78, 5) is 2.05. The molecule has 0 fully saturated rings. The molecule has 1 aromatic rings. The highest BCUT2D eigenvalue weighted by atomic mass is 16.3. The second kappa shape index (κ2) is 5.76. The molecule has 15 heavy (non-hydrogen) atoms. The number of unbranched alkanes of at least 4 members (excludes halogenated alkanes) is 1. The predicted molar refractivity (Wildman–Crippen MR) is 65.3 cm³/mol. The zero-order valence-electron chi connectivity index (χ0n) is 9.90. The number of hydrogen-bond donors (Lipinski definition) is 1. The summed E-state index contributed by atoms with van der Waals surface area (Å²) in [5, 5.41) is 9.94. The number of hydrogen-bond acceptors (Lipinski definition) is 2. The third-order valence-corrected chi connectivity index (χ3v) is 2.60. The molecule has 1 N–H and O–H groups in total. The van der Waals surface area contributed by atoms with Crippen LogP contribution in [0.5, 0.6) is 0 Å². The summed E-state index contributed by atoms with van der Waals surface area (Å²) in [5.74, 6) is 0. The molecule has 0 heterocycles. The van der Waals surface area contributed by atoms with Crippen LogP contribution < -0.4 is 4.90 Å². The third kappa shape index (κ3) is 3.56. The molecule has 1 unspecified atom stereocenters. The first-order chi connectivity index (χ1) is 7.15. The first kappa shape index (κ1) is 12.1. The van der Waals surface area contributed by atoms with Crippen LogP contribution in [0, 0.1) is 0 Å². The van der Waals surface area contributed by atoms with E-state index in [1.807, 2.05) is 26.2 Å². The Bertz CT molecular complexity index is 296. The van der Waals surface area contributed by atoms with Crippen LogP contribution in [0.2, 0.25) is 0 Å². The molecular weight excluding hydrogens is 186 g/mol. The average molecular weight is 207 g/mol. The van der Waals surface area contributed by atoms with Crippen LogP contribution in [-0.4, -0.2) is 19.2 Å². The van der Waals surface area contributed by atoms with Crippen molar-refractivity contribution in [2.45, 2.75) is 32.3 Å². The molecule has 84 valence electrons. The number of anilines is 1. The molecule has 2 heteroatoms. The van der Waals surface area contributed by atoms with Gasteiger partial charge in [0.2, 0.25) is 0 Å². The minimum atomic E-state index is -0.315. The highest BCUT2D eigenvalue weighted by Crippen LogP contribution is 2.22. The van der Waals surface area contributed by atoms with Crippen LogP contribution in [0.1, 0.15) is 37.9 Å². The Morgan fingerprint density at radius 2 is 2.07 bits per heavy atom. The minimum Gasteiger partial charge on any atom is -0.388 e. The van der Waals surface area contributed by atoms with Gasteiger partial charge in [0.1, 0.15) is 0 Å². The molecule has 0 saturated heterocycles. The second-order valence-corrected chi connectivity index (χ2v) is 4.15. The molecule has 1 aromatic carbocycles. The summed E-state index contributed by atoms with van der Waals surface area (Å²) in [6.07, 6.45) is 2.75. The molecule has 2 nitrogen and oxygen atoms in total. The molecule has 0 spiro atoms. The Kier molecular flexibility index (Phi) is 4.63. The summed E-state index contributed by atoms with van der Waals surface area (Å²) < 4.78 is 0. The molecular formula is C13H21NO. The predicted octanol–water partition coefficient (Wildman–Crippen LogP) is 2.98. The molecule has 0 aliphatic rings. The fourth-order valence-electron chi connectivity index (χ4n) is 1.57. The Hall–Kier alpha value is -1.02. The monoisotopic (exact) mass is 207 g/mol. The van der Waals surface area contributed by atoms with E-state index in [1.54, 1.807) is 0 Å². The van der Waals surface area contributed by atoms with E-state index in [0.717, 1.165) is 30.5 Å². The van der Waals surface area contributed by atoms with Gasteiger partial charge in [0.15, 0.2) is 0 Å². The lowest BCUT2D eigenvalue weighted by Crippen LogP contribution is -2.09. The fraction of sp³-hybridized carbons (Fsp3) is 0.538. The number of nitrogens with zero attached hydrogens (tertiary/aromatic N) is 1. The van der Waals surface area contributed by atoms with Crippen molar-refractivity contribution in [3.05, 3.63) is 29.8 Å². The molecule has 0 saturated carbocycles. The van der Waals surface area contributed by atoms with Crippen molar-refractivity contribution in [1.29, 1.82) is 0 Å². The van der Waals surface area contributed by atoms with Gasteiger partial charge >= 0.3 is 0 Å². The fourth-order valence-corrected chi connectivity index (χ4v) is 1.57. The van der Waals surface area contributed by atoms with Gasteiger partial charge in [-0.25, -0.2) is 0 Å². The Morgan fingerprint density at radius 1 is 1.33 bits per heavy atom. The molecule has 1 atom stereocenters. The summed E-state index contributed by atoms with van der Waals surface area (Å²) >= 11 is 0. The smallest absolute Gasteiger partial charge is 0.0790 e. The summed E-state index contributed by atoms with van der Waals surface area (Å²) in [6, 6.07) is 8.10. The van der Waals surface area contributed by atoms with Crippen molar-refractivity contribution in [3.63, 3.8) is 0 Å². The maximum Gasteiger partial charge on any atom is 0.0790 e. The SMILES string of the molecule is CCCCC(O)c1cccc(N(C)C)c1. The molecule has 1 rings (SSSR count). The number of rotatable bonds is 5. The van der Waals surface area contributed by atoms with Crippen LogP contribution >= 0.6 is 0 Å².